The average molecular weight is 347 g/mol. The van der Waals surface area contributed by atoms with Crippen LogP contribution in [0.5, 0.6) is 0 Å². The van der Waals surface area contributed by atoms with E-state index in [-0.39, 0.29) is 18.4 Å². The minimum Gasteiger partial charge on any atom is -0.441 e. The van der Waals surface area contributed by atoms with E-state index in [1.807, 2.05) is 60.4 Å². The lowest BCUT2D eigenvalue weighted by Gasteiger charge is -2.24. The molecule has 0 aliphatic carbocycles. The van der Waals surface area contributed by atoms with E-state index in [0.29, 0.717) is 17.3 Å². The van der Waals surface area contributed by atoms with Gasteiger partial charge in [0.15, 0.2) is 0 Å². The van der Waals surface area contributed by atoms with E-state index >= 15 is 0 Å². The molecule has 5 nitrogen and oxygen atoms in total. The Labute approximate surface area is 152 Å². The molecule has 5 heteroatoms. The van der Waals surface area contributed by atoms with Crippen LogP contribution in [0.3, 0.4) is 0 Å². The SMILES string of the molecule is Cc1oc(-c2ccccc2)nc1CC(=O)N1CCCC1c1ccccn1. The first-order valence-corrected chi connectivity index (χ1v) is 8.94. The zero-order valence-electron chi connectivity index (χ0n) is 14.8. The lowest BCUT2D eigenvalue weighted by molar-refractivity contribution is -0.131. The number of aromatic nitrogens is 2. The van der Waals surface area contributed by atoms with Crippen LogP contribution in [-0.2, 0) is 11.2 Å². The molecule has 3 aromatic rings. The number of rotatable bonds is 4. The molecule has 1 atom stereocenters. The molecule has 26 heavy (non-hydrogen) atoms. The number of pyridine rings is 1. The number of amides is 1. The molecule has 0 saturated carbocycles. The highest BCUT2D eigenvalue weighted by Crippen LogP contribution is 2.31. The molecule has 1 amide bonds. The number of benzene rings is 1. The molecule has 0 radical (unpaired) electrons. The number of oxazole rings is 1. The van der Waals surface area contributed by atoms with E-state index in [1.165, 1.54) is 0 Å². The van der Waals surface area contributed by atoms with Gasteiger partial charge >= 0.3 is 0 Å². The van der Waals surface area contributed by atoms with Crippen LogP contribution in [0.4, 0.5) is 0 Å². The Morgan fingerprint density at radius 1 is 1.19 bits per heavy atom. The number of carbonyl (C=O) groups is 1. The first kappa shape index (κ1) is 16.5. The van der Waals surface area contributed by atoms with E-state index in [9.17, 15) is 4.79 Å². The first-order chi connectivity index (χ1) is 12.7. The molecule has 3 heterocycles. The van der Waals surface area contributed by atoms with Gasteiger partial charge in [-0.2, -0.15) is 0 Å². The second-order valence-electron chi connectivity index (χ2n) is 6.56. The van der Waals surface area contributed by atoms with Crippen molar-refractivity contribution < 1.29 is 9.21 Å². The summed E-state index contributed by atoms with van der Waals surface area (Å²) in [5, 5.41) is 0. The van der Waals surface area contributed by atoms with E-state index < -0.39 is 0 Å². The quantitative estimate of drug-likeness (QED) is 0.717. The predicted octanol–water partition coefficient (Wildman–Crippen LogP) is 3.95. The largest absolute Gasteiger partial charge is 0.441 e. The highest BCUT2D eigenvalue weighted by molar-refractivity contribution is 5.79. The smallest absolute Gasteiger partial charge is 0.229 e. The van der Waals surface area contributed by atoms with Crippen molar-refractivity contribution in [2.75, 3.05) is 6.54 Å². The number of aryl methyl sites for hydroxylation is 1. The molecule has 132 valence electrons. The molecular weight excluding hydrogens is 326 g/mol. The Bertz CT molecular complexity index is 890. The van der Waals surface area contributed by atoms with Crippen LogP contribution in [-0.4, -0.2) is 27.3 Å². The summed E-state index contributed by atoms with van der Waals surface area (Å²) in [5.41, 5.74) is 2.59. The van der Waals surface area contributed by atoms with Crippen molar-refractivity contribution in [2.45, 2.75) is 32.2 Å². The van der Waals surface area contributed by atoms with E-state index in [1.54, 1.807) is 6.20 Å². The summed E-state index contributed by atoms with van der Waals surface area (Å²) in [4.78, 5) is 23.8. The number of likely N-dealkylation sites (tertiary alicyclic amines) is 1. The Kier molecular flexibility index (Phi) is 4.52. The maximum absolute atomic E-state index is 12.9. The molecule has 1 aliphatic rings. The molecule has 0 spiro atoms. The predicted molar refractivity (Wildman–Crippen MR) is 98.3 cm³/mol. The van der Waals surface area contributed by atoms with Crippen molar-refractivity contribution in [1.29, 1.82) is 0 Å². The van der Waals surface area contributed by atoms with Gasteiger partial charge in [0.05, 0.1) is 23.9 Å². The van der Waals surface area contributed by atoms with Crippen molar-refractivity contribution in [3.05, 3.63) is 71.9 Å². The molecule has 1 fully saturated rings. The Balaban J connectivity index is 1.52. The fraction of sp³-hybridized carbons (Fsp3) is 0.286. The van der Waals surface area contributed by atoms with E-state index in [0.717, 1.165) is 30.6 Å². The van der Waals surface area contributed by atoms with Crippen LogP contribution in [0.15, 0.2) is 59.1 Å². The Morgan fingerprint density at radius 2 is 2.00 bits per heavy atom. The third-order valence-corrected chi connectivity index (χ3v) is 4.83. The van der Waals surface area contributed by atoms with Crippen LogP contribution in [0.1, 0.15) is 36.0 Å². The number of hydrogen-bond donors (Lipinski definition) is 0. The molecule has 0 bridgehead atoms. The van der Waals surface area contributed by atoms with Crippen molar-refractivity contribution in [1.82, 2.24) is 14.9 Å². The van der Waals surface area contributed by atoms with Gasteiger partial charge in [0.25, 0.3) is 0 Å². The highest BCUT2D eigenvalue weighted by Gasteiger charge is 2.31. The molecule has 1 unspecified atom stereocenters. The molecule has 1 aromatic carbocycles. The van der Waals surface area contributed by atoms with Crippen molar-refractivity contribution in [2.24, 2.45) is 0 Å². The summed E-state index contributed by atoms with van der Waals surface area (Å²) in [6.45, 7) is 2.63. The van der Waals surface area contributed by atoms with Crippen LogP contribution < -0.4 is 0 Å². The summed E-state index contributed by atoms with van der Waals surface area (Å²) in [7, 11) is 0. The fourth-order valence-corrected chi connectivity index (χ4v) is 3.49. The topological polar surface area (TPSA) is 59.2 Å². The second-order valence-corrected chi connectivity index (χ2v) is 6.56. The normalized spacial score (nSPS) is 16.8. The number of nitrogens with zero attached hydrogens (tertiary/aromatic N) is 3. The molecular formula is C21H21N3O2. The molecule has 2 aromatic heterocycles. The summed E-state index contributed by atoms with van der Waals surface area (Å²) < 4.78 is 5.78. The Hall–Kier alpha value is -2.95. The standard InChI is InChI=1S/C21H21N3O2/c1-15-18(23-21(26-15)16-8-3-2-4-9-16)14-20(25)24-13-7-11-19(24)17-10-5-6-12-22-17/h2-6,8-10,12,19H,7,11,13-14H2,1H3. The minimum atomic E-state index is 0.0597. The van der Waals surface area contributed by atoms with Crippen LogP contribution in [0.2, 0.25) is 0 Å². The number of carbonyl (C=O) groups excluding carboxylic acids is 1. The van der Waals surface area contributed by atoms with Crippen molar-refractivity contribution >= 4 is 5.91 Å². The summed E-state index contributed by atoms with van der Waals surface area (Å²) >= 11 is 0. The maximum Gasteiger partial charge on any atom is 0.229 e. The lowest BCUT2D eigenvalue weighted by atomic mass is 10.1. The minimum absolute atomic E-state index is 0.0597. The third kappa shape index (κ3) is 3.25. The lowest BCUT2D eigenvalue weighted by Crippen LogP contribution is -2.32. The molecule has 0 N–H and O–H groups in total. The van der Waals surface area contributed by atoms with Crippen molar-refractivity contribution in [3.63, 3.8) is 0 Å². The second kappa shape index (κ2) is 7.12. The average Bonchev–Trinajstić information content (AvgIpc) is 3.31. The van der Waals surface area contributed by atoms with Gasteiger partial charge in [0, 0.05) is 18.3 Å². The Morgan fingerprint density at radius 3 is 2.77 bits per heavy atom. The molecule has 4 rings (SSSR count). The van der Waals surface area contributed by atoms with Crippen LogP contribution in [0.25, 0.3) is 11.5 Å². The summed E-state index contributed by atoms with van der Waals surface area (Å²) in [6.07, 6.45) is 3.99. The van der Waals surface area contributed by atoms with Gasteiger partial charge in [-0.3, -0.25) is 9.78 Å². The van der Waals surface area contributed by atoms with Gasteiger partial charge in [-0.1, -0.05) is 24.3 Å². The van der Waals surface area contributed by atoms with Crippen LogP contribution >= 0.6 is 0 Å². The summed E-state index contributed by atoms with van der Waals surface area (Å²) in [5.74, 6) is 1.34. The van der Waals surface area contributed by atoms with Gasteiger partial charge in [-0.05, 0) is 44.0 Å². The first-order valence-electron chi connectivity index (χ1n) is 8.94. The number of hydrogen-bond acceptors (Lipinski definition) is 4. The van der Waals surface area contributed by atoms with Gasteiger partial charge in [-0.15, -0.1) is 0 Å². The zero-order chi connectivity index (χ0) is 17.9. The van der Waals surface area contributed by atoms with Gasteiger partial charge in [-0.25, -0.2) is 4.98 Å². The monoisotopic (exact) mass is 347 g/mol. The van der Waals surface area contributed by atoms with E-state index in [2.05, 4.69) is 9.97 Å². The van der Waals surface area contributed by atoms with Crippen LogP contribution in [0, 0.1) is 6.92 Å². The molecule has 1 aliphatic heterocycles. The fourth-order valence-electron chi connectivity index (χ4n) is 3.49. The zero-order valence-corrected chi connectivity index (χ0v) is 14.8. The van der Waals surface area contributed by atoms with Gasteiger partial charge in [0.2, 0.25) is 11.8 Å². The summed E-state index contributed by atoms with van der Waals surface area (Å²) in [6, 6.07) is 15.7. The highest BCUT2D eigenvalue weighted by atomic mass is 16.4. The maximum atomic E-state index is 12.9. The van der Waals surface area contributed by atoms with E-state index in [4.69, 9.17) is 4.42 Å². The van der Waals surface area contributed by atoms with Gasteiger partial charge in [0.1, 0.15) is 5.76 Å². The third-order valence-electron chi connectivity index (χ3n) is 4.83. The van der Waals surface area contributed by atoms with Crippen molar-refractivity contribution in [3.8, 4) is 11.5 Å². The molecule has 1 saturated heterocycles. The van der Waals surface area contributed by atoms with Gasteiger partial charge < -0.3 is 9.32 Å².